The van der Waals surface area contributed by atoms with Crippen LogP contribution in [-0.4, -0.2) is 15.6 Å². The SMILES string of the molecule is CC(C)c1ccc(C(=O)CCc2ccnn2C)cc1. The van der Waals surface area contributed by atoms with Gasteiger partial charge in [0.1, 0.15) is 0 Å². The third kappa shape index (κ3) is 3.31. The molecule has 0 aliphatic carbocycles. The minimum absolute atomic E-state index is 0.191. The Labute approximate surface area is 114 Å². The third-order valence-corrected chi connectivity index (χ3v) is 3.43. The van der Waals surface area contributed by atoms with E-state index < -0.39 is 0 Å². The van der Waals surface area contributed by atoms with Gasteiger partial charge in [-0.05, 0) is 24.0 Å². The number of rotatable bonds is 5. The maximum absolute atomic E-state index is 12.1. The normalized spacial score (nSPS) is 10.9. The number of ketones is 1. The molecule has 1 aromatic carbocycles. The van der Waals surface area contributed by atoms with Crippen LogP contribution in [0.15, 0.2) is 36.5 Å². The van der Waals surface area contributed by atoms with Crippen LogP contribution in [0.5, 0.6) is 0 Å². The lowest BCUT2D eigenvalue weighted by atomic mass is 9.99. The molecule has 0 spiro atoms. The van der Waals surface area contributed by atoms with E-state index in [1.807, 2.05) is 42.1 Å². The van der Waals surface area contributed by atoms with Crippen LogP contribution >= 0.6 is 0 Å². The number of hydrogen-bond acceptors (Lipinski definition) is 2. The van der Waals surface area contributed by atoms with Crippen molar-refractivity contribution in [2.24, 2.45) is 7.05 Å². The Kier molecular flexibility index (Phi) is 4.15. The second kappa shape index (κ2) is 5.83. The highest BCUT2D eigenvalue weighted by molar-refractivity contribution is 5.96. The first-order valence-electron chi connectivity index (χ1n) is 6.68. The van der Waals surface area contributed by atoms with Gasteiger partial charge in [-0.3, -0.25) is 9.48 Å². The van der Waals surface area contributed by atoms with Gasteiger partial charge >= 0.3 is 0 Å². The maximum atomic E-state index is 12.1. The van der Waals surface area contributed by atoms with Gasteiger partial charge in [0.15, 0.2) is 5.78 Å². The monoisotopic (exact) mass is 256 g/mol. The van der Waals surface area contributed by atoms with Gasteiger partial charge in [-0.1, -0.05) is 38.1 Å². The van der Waals surface area contributed by atoms with E-state index in [-0.39, 0.29) is 5.78 Å². The summed E-state index contributed by atoms with van der Waals surface area (Å²) < 4.78 is 1.81. The lowest BCUT2D eigenvalue weighted by Crippen LogP contribution is -2.04. The summed E-state index contributed by atoms with van der Waals surface area (Å²) in [5.41, 5.74) is 3.15. The molecule has 1 heterocycles. The van der Waals surface area contributed by atoms with Crippen molar-refractivity contribution in [2.45, 2.75) is 32.6 Å². The Hall–Kier alpha value is -1.90. The summed E-state index contributed by atoms with van der Waals surface area (Å²) in [7, 11) is 1.90. The van der Waals surface area contributed by atoms with E-state index in [0.29, 0.717) is 12.3 Å². The Bertz CT molecular complexity index is 552. The third-order valence-electron chi connectivity index (χ3n) is 3.43. The van der Waals surface area contributed by atoms with Gasteiger partial charge in [-0.2, -0.15) is 5.10 Å². The van der Waals surface area contributed by atoms with Gasteiger partial charge in [-0.15, -0.1) is 0 Å². The van der Waals surface area contributed by atoms with Crippen LogP contribution in [0.2, 0.25) is 0 Å². The lowest BCUT2D eigenvalue weighted by molar-refractivity contribution is 0.0982. The predicted octanol–water partition coefficient (Wildman–Crippen LogP) is 3.36. The van der Waals surface area contributed by atoms with Crippen molar-refractivity contribution in [3.05, 3.63) is 53.3 Å². The molecule has 2 rings (SSSR count). The van der Waals surface area contributed by atoms with Crippen molar-refractivity contribution < 1.29 is 4.79 Å². The van der Waals surface area contributed by atoms with Crippen molar-refractivity contribution in [3.8, 4) is 0 Å². The van der Waals surface area contributed by atoms with Crippen LogP contribution < -0.4 is 0 Å². The topological polar surface area (TPSA) is 34.9 Å². The lowest BCUT2D eigenvalue weighted by Gasteiger charge is -2.06. The zero-order chi connectivity index (χ0) is 13.8. The highest BCUT2D eigenvalue weighted by Crippen LogP contribution is 2.16. The predicted molar refractivity (Wildman–Crippen MR) is 76.4 cm³/mol. The zero-order valence-corrected chi connectivity index (χ0v) is 11.8. The summed E-state index contributed by atoms with van der Waals surface area (Å²) in [6, 6.07) is 9.90. The van der Waals surface area contributed by atoms with Crippen molar-refractivity contribution in [2.75, 3.05) is 0 Å². The van der Waals surface area contributed by atoms with Gasteiger partial charge in [0, 0.05) is 30.9 Å². The van der Waals surface area contributed by atoms with E-state index in [2.05, 4.69) is 18.9 Å². The average molecular weight is 256 g/mol. The second-order valence-corrected chi connectivity index (χ2v) is 5.15. The maximum Gasteiger partial charge on any atom is 0.163 e. The molecule has 0 N–H and O–H groups in total. The molecule has 19 heavy (non-hydrogen) atoms. The summed E-state index contributed by atoms with van der Waals surface area (Å²) in [6.07, 6.45) is 3.03. The van der Waals surface area contributed by atoms with Crippen molar-refractivity contribution in [1.82, 2.24) is 9.78 Å². The van der Waals surface area contributed by atoms with Crippen molar-refractivity contribution in [3.63, 3.8) is 0 Å². The van der Waals surface area contributed by atoms with Crippen LogP contribution in [0, 0.1) is 0 Å². The summed E-state index contributed by atoms with van der Waals surface area (Å²) in [4.78, 5) is 12.1. The van der Waals surface area contributed by atoms with Crippen molar-refractivity contribution >= 4 is 5.78 Å². The van der Waals surface area contributed by atoms with Gasteiger partial charge in [-0.25, -0.2) is 0 Å². The summed E-state index contributed by atoms with van der Waals surface area (Å²) in [5.74, 6) is 0.690. The quantitative estimate of drug-likeness (QED) is 0.769. The molecule has 3 heteroatoms. The Morgan fingerprint density at radius 1 is 1.21 bits per heavy atom. The number of carbonyl (C=O) groups is 1. The van der Waals surface area contributed by atoms with E-state index in [4.69, 9.17) is 0 Å². The van der Waals surface area contributed by atoms with Crippen LogP contribution in [0.4, 0.5) is 0 Å². The Morgan fingerprint density at radius 3 is 2.42 bits per heavy atom. The number of hydrogen-bond donors (Lipinski definition) is 0. The molecule has 0 atom stereocenters. The molecule has 0 bridgehead atoms. The Morgan fingerprint density at radius 2 is 1.89 bits per heavy atom. The first kappa shape index (κ1) is 13.5. The number of aromatic nitrogens is 2. The first-order chi connectivity index (χ1) is 9.08. The molecule has 100 valence electrons. The number of carbonyl (C=O) groups excluding carboxylic acids is 1. The molecule has 0 fully saturated rings. The minimum Gasteiger partial charge on any atom is -0.294 e. The molecule has 0 aliphatic heterocycles. The van der Waals surface area contributed by atoms with E-state index in [1.54, 1.807) is 6.20 Å². The molecule has 3 nitrogen and oxygen atoms in total. The van der Waals surface area contributed by atoms with Gasteiger partial charge in [0.05, 0.1) is 0 Å². The Balaban J connectivity index is 1.98. The molecular formula is C16H20N2O. The molecule has 2 aromatic rings. The fourth-order valence-corrected chi connectivity index (χ4v) is 2.09. The number of Topliss-reactive ketones (excluding diaryl/α,β-unsaturated/α-hetero) is 1. The average Bonchev–Trinajstić information content (AvgIpc) is 2.81. The van der Waals surface area contributed by atoms with Gasteiger partial charge < -0.3 is 0 Å². The zero-order valence-electron chi connectivity index (χ0n) is 11.8. The minimum atomic E-state index is 0.191. The summed E-state index contributed by atoms with van der Waals surface area (Å²) in [5, 5.41) is 4.10. The van der Waals surface area contributed by atoms with E-state index in [9.17, 15) is 4.79 Å². The molecular weight excluding hydrogens is 236 g/mol. The number of aryl methyl sites for hydroxylation is 2. The van der Waals surface area contributed by atoms with E-state index >= 15 is 0 Å². The number of benzene rings is 1. The van der Waals surface area contributed by atoms with E-state index in [0.717, 1.165) is 17.7 Å². The largest absolute Gasteiger partial charge is 0.294 e. The first-order valence-corrected chi connectivity index (χ1v) is 6.68. The van der Waals surface area contributed by atoms with Crippen LogP contribution in [0.1, 0.15) is 47.8 Å². The molecule has 1 aromatic heterocycles. The van der Waals surface area contributed by atoms with Crippen molar-refractivity contribution in [1.29, 1.82) is 0 Å². The molecule has 0 amide bonds. The fraction of sp³-hybridized carbons (Fsp3) is 0.375. The molecule has 0 radical (unpaired) electrons. The molecule has 0 unspecified atom stereocenters. The van der Waals surface area contributed by atoms with Gasteiger partial charge in [0.25, 0.3) is 0 Å². The van der Waals surface area contributed by atoms with Crippen LogP contribution in [0.25, 0.3) is 0 Å². The van der Waals surface area contributed by atoms with Gasteiger partial charge in [0.2, 0.25) is 0 Å². The second-order valence-electron chi connectivity index (χ2n) is 5.15. The molecule has 0 saturated heterocycles. The summed E-state index contributed by atoms with van der Waals surface area (Å²) >= 11 is 0. The summed E-state index contributed by atoms with van der Waals surface area (Å²) in [6.45, 7) is 4.30. The molecule has 0 aliphatic rings. The molecule has 0 saturated carbocycles. The fourth-order valence-electron chi connectivity index (χ4n) is 2.09. The highest BCUT2D eigenvalue weighted by atomic mass is 16.1. The van der Waals surface area contributed by atoms with E-state index in [1.165, 1.54) is 5.56 Å². The standard InChI is InChI=1S/C16H20N2O/c1-12(2)13-4-6-14(7-5-13)16(19)9-8-15-10-11-17-18(15)3/h4-7,10-12H,8-9H2,1-3H3. The number of nitrogens with zero attached hydrogens (tertiary/aromatic N) is 2. The smallest absolute Gasteiger partial charge is 0.163 e. The van der Waals surface area contributed by atoms with Crippen LogP contribution in [0.3, 0.4) is 0 Å². The highest BCUT2D eigenvalue weighted by Gasteiger charge is 2.08. The van der Waals surface area contributed by atoms with Crippen LogP contribution in [-0.2, 0) is 13.5 Å².